The number of rotatable bonds is 3. The van der Waals surface area contributed by atoms with Crippen molar-refractivity contribution in [1.29, 1.82) is 0 Å². The van der Waals surface area contributed by atoms with Crippen molar-refractivity contribution >= 4 is 26.4 Å². The Bertz CT molecular complexity index is 387. The van der Waals surface area contributed by atoms with Crippen LogP contribution in [0.3, 0.4) is 0 Å². The molecular weight excluding hydrogens is 294 g/mol. The van der Waals surface area contributed by atoms with Crippen molar-refractivity contribution in [2.45, 2.75) is 46.1 Å². The van der Waals surface area contributed by atoms with Crippen molar-refractivity contribution in [3.63, 3.8) is 0 Å². The van der Waals surface area contributed by atoms with Crippen molar-refractivity contribution in [2.75, 3.05) is 0 Å². The first-order valence-electron chi connectivity index (χ1n) is 5.86. The first-order valence-corrected chi connectivity index (χ1v) is 7.47. The van der Waals surface area contributed by atoms with Gasteiger partial charge in [0, 0.05) is 11.6 Å². The molecule has 96 valence electrons. The van der Waals surface area contributed by atoms with Crippen molar-refractivity contribution < 1.29 is 4.43 Å². The predicted octanol–water partition coefficient (Wildman–Crippen LogP) is 3.05. The minimum absolute atomic E-state index is 0.113. The Morgan fingerprint density at radius 3 is 2.24 bits per heavy atom. The molecule has 0 aromatic carbocycles. The van der Waals surface area contributed by atoms with Crippen LogP contribution in [-0.4, -0.2) is 21.1 Å². The molecule has 0 aliphatic rings. The molecule has 0 fully saturated rings. The highest BCUT2D eigenvalue weighted by atomic mass is 79.9. The second kappa shape index (κ2) is 5.20. The Balaban J connectivity index is 3.26. The Morgan fingerprint density at radius 1 is 1.24 bits per heavy atom. The van der Waals surface area contributed by atoms with Crippen LogP contribution in [0.25, 0.3) is 0 Å². The summed E-state index contributed by atoms with van der Waals surface area (Å²) >= 11 is 3.44. The summed E-state index contributed by atoms with van der Waals surface area (Å²) in [6, 6.07) is 6.08. The van der Waals surface area contributed by atoms with Gasteiger partial charge in [0.25, 0.3) is 0 Å². The van der Waals surface area contributed by atoms with E-state index >= 15 is 0 Å². The fourth-order valence-electron chi connectivity index (χ4n) is 2.55. The van der Waals surface area contributed by atoms with Gasteiger partial charge >= 0.3 is 0 Å². The zero-order valence-corrected chi connectivity index (χ0v) is 15.1. The van der Waals surface area contributed by atoms with E-state index in [1.165, 1.54) is 0 Å². The number of aromatic nitrogens is 1. The molecule has 1 heterocycles. The molecule has 0 aliphatic heterocycles. The highest BCUT2D eigenvalue weighted by Gasteiger charge is 2.39. The van der Waals surface area contributed by atoms with Crippen LogP contribution < -0.4 is 0 Å². The average Bonchev–Trinajstić information content (AvgIpc) is 2.15. The quantitative estimate of drug-likeness (QED) is 0.632. The maximum Gasteiger partial charge on any atom is 0.146 e. The minimum atomic E-state index is -0.182. The molecule has 1 unspecified atom stereocenters. The number of halogens is 1. The largest absolute Gasteiger partial charge is 0.422 e. The molecule has 0 amide bonds. The van der Waals surface area contributed by atoms with Gasteiger partial charge in [0.2, 0.25) is 0 Å². The second-order valence-electron chi connectivity index (χ2n) is 5.99. The lowest BCUT2D eigenvalue weighted by Gasteiger charge is -2.42. The van der Waals surface area contributed by atoms with E-state index in [2.05, 4.69) is 61.6 Å². The molecular formula is C13H22BrNOSi. The Kier molecular flexibility index (Phi) is 4.55. The van der Waals surface area contributed by atoms with E-state index in [1.807, 2.05) is 12.1 Å². The molecule has 4 heteroatoms. The van der Waals surface area contributed by atoms with E-state index < -0.39 is 0 Å². The van der Waals surface area contributed by atoms with E-state index in [9.17, 15) is 0 Å². The van der Waals surface area contributed by atoms with Crippen molar-refractivity contribution in [3.8, 4) is 0 Å². The number of hydrogen-bond acceptors (Lipinski definition) is 2. The number of nitrogens with zero attached hydrogens (tertiary/aromatic N) is 1. The third kappa shape index (κ3) is 3.63. The first kappa shape index (κ1) is 14.9. The lowest BCUT2D eigenvalue weighted by molar-refractivity contribution is 0.0383. The molecule has 1 rings (SSSR count). The summed E-state index contributed by atoms with van der Waals surface area (Å²) in [6.45, 7) is 11.0. The topological polar surface area (TPSA) is 22.1 Å². The molecule has 0 saturated heterocycles. The highest BCUT2D eigenvalue weighted by Crippen LogP contribution is 2.43. The second-order valence-corrected chi connectivity index (χ2v) is 7.21. The molecule has 1 atom stereocenters. The van der Waals surface area contributed by atoms with Crippen LogP contribution in [0.1, 0.15) is 46.2 Å². The highest BCUT2D eigenvalue weighted by molar-refractivity contribution is 9.10. The van der Waals surface area contributed by atoms with Gasteiger partial charge in [-0.25, -0.2) is 4.98 Å². The zero-order chi connectivity index (χ0) is 13.3. The van der Waals surface area contributed by atoms with Gasteiger partial charge in [-0.3, -0.25) is 0 Å². The monoisotopic (exact) mass is 315 g/mol. The molecule has 0 N–H and O–H groups in total. The van der Waals surface area contributed by atoms with Crippen LogP contribution in [0.2, 0.25) is 0 Å². The Labute approximate surface area is 116 Å². The third-order valence-corrected chi connectivity index (χ3v) is 4.61. The standard InChI is InChI=1S/C13H22BrNOSi/c1-12(2,3)11(13(4,5)16-17)9-7-6-8-10(14)15-9/h6-8,11H,1-5,17H3. The number of hydrogen-bond donors (Lipinski definition) is 0. The van der Waals surface area contributed by atoms with Crippen LogP contribution in [0.5, 0.6) is 0 Å². The van der Waals surface area contributed by atoms with Gasteiger partial charge in [0.15, 0.2) is 0 Å². The minimum Gasteiger partial charge on any atom is -0.422 e. The van der Waals surface area contributed by atoms with Crippen LogP contribution in [0.4, 0.5) is 0 Å². The molecule has 17 heavy (non-hydrogen) atoms. The first-order chi connectivity index (χ1) is 7.68. The Morgan fingerprint density at radius 2 is 1.82 bits per heavy atom. The lowest BCUT2D eigenvalue weighted by Crippen LogP contribution is -2.40. The predicted molar refractivity (Wildman–Crippen MR) is 79.2 cm³/mol. The van der Waals surface area contributed by atoms with Crippen molar-refractivity contribution in [3.05, 3.63) is 28.5 Å². The van der Waals surface area contributed by atoms with Crippen LogP contribution in [-0.2, 0) is 4.43 Å². The van der Waals surface area contributed by atoms with Gasteiger partial charge in [0.05, 0.1) is 5.60 Å². The van der Waals surface area contributed by atoms with Gasteiger partial charge in [-0.1, -0.05) is 26.8 Å². The molecule has 0 bridgehead atoms. The summed E-state index contributed by atoms with van der Waals surface area (Å²) in [7, 11) is 0.739. The van der Waals surface area contributed by atoms with E-state index in [0.717, 1.165) is 20.8 Å². The van der Waals surface area contributed by atoms with Crippen LogP contribution in [0, 0.1) is 5.41 Å². The van der Waals surface area contributed by atoms with Crippen molar-refractivity contribution in [1.82, 2.24) is 4.98 Å². The van der Waals surface area contributed by atoms with Gasteiger partial charge in [-0.2, -0.15) is 0 Å². The van der Waals surface area contributed by atoms with E-state index in [1.54, 1.807) is 0 Å². The molecule has 1 aromatic rings. The molecule has 0 aliphatic carbocycles. The summed E-state index contributed by atoms with van der Waals surface area (Å²) in [5.41, 5.74) is 1.02. The molecule has 0 spiro atoms. The fraction of sp³-hybridized carbons (Fsp3) is 0.615. The van der Waals surface area contributed by atoms with E-state index in [4.69, 9.17) is 4.43 Å². The van der Waals surface area contributed by atoms with Gasteiger partial charge in [-0.15, -0.1) is 0 Å². The summed E-state index contributed by atoms with van der Waals surface area (Å²) in [5.74, 6) is 0.269. The van der Waals surface area contributed by atoms with Crippen LogP contribution in [0.15, 0.2) is 22.8 Å². The smallest absolute Gasteiger partial charge is 0.146 e. The molecule has 0 saturated carbocycles. The molecule has 1 aromatic heterocycles. The van der Waals surface area contributed by atoms with E-state index in [0.29, 0.717) is 0 Å². The fourth-order valence-corrected chi connectivity index (χ4v) is 3.14. The van der Waals surface area contributed by atoms with Gasteiger partial charge in [-0.05, 0) is 47.3 Å². The lowest BCUT2D eigenvalue weighted by atomic mass is 9.70. The SMILES string of the molecule is CC(C)(C)C(c1cccc(Br)n1)C(C)(C)O[SiH3]. The summed E-state index contributed by atoms with van der Waals surface area (Å²) in [5, 5.41) is 0. The Hall–Kier alpha value is -0.193. The average molecular weight is 316 g/mol. The molecule has 2 nitrogen and oxygen atoms in total. The summed E-state index contributed by atoms with van der Waals surface area (Å²) in [6.07, 6.45) is 0. The van der Waals surface area contributed by atoms with Crippen molar-refractivity contribution in [2.24, 2.45) is 5.41 Å². The van der Waals surface area contributed by atoms with Crippen LogP contribution >= 0.6 is 15.9 Å². The summed E-state index contributed by atoms with van der Waals surface area (Å²) in [4.78, 5) is 4.61. The normalized spacial score (nSPS) is 14.9. The maximum absolute atomic E-state index is 5.80. The zero-order valence-electron chi connectivity index (χ0n) is 11.5. The van der Waals surface area contributed by atoms with Gasteiger partial charge in [0.1, 0.15) is 15.1 Å². The third-order valence-electron chi connectivity index (χ3n) is 3.12. The maximum atomic E-state index is 5.80. The van der Waals surface area contributed by atoms with E-state index in [-0.39, 0.29) is 16.9 Å². The molecule has 0 radical (unpaired) electrons. The number of pyridine rings is 1. The summed E-state index contributed by atoms with van der Waals surface area (Å²) < 4.78 is 6.69. The van der Waals surface area contributed by atoms with Gasteiger partial charge < -0.3 is 4.43 Å².